The molecular weight excluding hydrogens is 240 g/mol. The van der Waals surface area contributed by atoms with Gasteiger partial charge in [-0.3, -0.25) is 4.79 Å². The fraction of sp³-hybridized carbons (Fsp3) is 0.909. The molecule has 0 spiro atoms. The first-order chi connectivity index (χ1) is 7.59. The fourth-order valence-electron chi connectivity index (χ4n) is 2.00. The van der Waals surface area contributed by atoms with Gasteiger partial charge in [-0.1, -0.05) is 0 Å². The summed E-state index contributed by atoms with van der Waals surface area (Å²) in [4.78, 5) is 14.1. The number of amides is 1. The van der Waals surface area contributed by atoms with Crippen molar-refractivity contribution < 1.29 is 13.2 Å². The summed E-state index contributed by atoms with van der Waals surface area (Å²) in [6.07, 6.45) is 1.11. The van der Waals surface area contributed by atoms with Crippen molar-refractivity contribution in [2.24, 2.45) is 0 Å². The lowest BCUT2D eigenvalue weighted by atomic mass is 10.1. The molecular formula is C11H22N2O3S. The molecule has 1 fully saturated rings. The van der Waals surface area contributed by atoms with Gasteiger partial charge in [-0.2, -0.15) is 0 Å². The summed E-state index contributed by atoms with van der Waals surface area (Å²) in [5.41, 5.74) is 0. The number of hydrogen-bond donors (Lipinski definition) is 1. The summed E-state index contributed by atoms with van der Waals surface area (Å²) in [6, 6.07) is 0.0413. The third-order valence-electron chi connectivity index (χ3n) is 3.51. The minimum Gasteiger partial charge on any atom is -0.333 e. The van der Waals surface area contributed by atoms with Crippen molar-refractivity contribution in [3.8, 4) is 0 Å². The summed E-state index contributed by atoms with van der Waals surface area (Å²) in [6.45, 7) is 8.22. The minimum absolute atomic E-state index is 0.0206. The predicted octanol–water partition coefficient (Wildman–Crippen LogP) is 0.0184. The molecule has 1 saturated heterocycles. The Morgan fingerprint density at radius 3 is 2.00 bits per heavy atom. The normalized spacial score (nSPS) is 27.0. The van der Waals surface area contributed by atoms with Gasteiger partial charge in [0.25, 0.3) is 0 Å². The van der Waals surface area contributed by atoms with E-state index in [4.69, 9.17) is 0 Å². The average Bonchev–Trinajstić information content (AvgIpc) is 2.15. The number of nitrogens with zero attached hydrogens (tertiary/aromatic N) is 1. The van der Waals surface area contributed by atoms with E-state index in [0.29, 0.717) is 13.1 Å². The molecule has 17 heavy (non-hydrogen) atoms. The van der Waals surface area contributed by atoms with Crippen LogP contribution in [-0.4, -0.2) is 55.4 Å². The molecule has 1 amide bonds. The smallest absolute Gasteiger partial charge is 0.244 e. The third-order valence-corrected chi connectivity index (χ3v) is 5.53. The largest absolute Gasteiger partial charge is 0.333 e. The topological polar surface area (TPSA) is 66.5 Å². The maximum Gasteiger partial charge on any atom is 0.244 e. The number of carbonyl (C=O) groups is 1. The Kier molecular flexibility index (Phi) is 3.88. The number of carbonyl (C=O) groups excluding carboxylic acids is 1. The average molecular weight is 262 g/mol. The van der Waals surface area contributed by atoms with E-state index < -0.39 is 14.6 Å². The lowest BCUT2D eigenvalue weighted by Crippen LogP contribution is -2.62. The standard InChI is InChI=1S/C11H22N2O3S/c1-8-6-12-7-9(2)13(8)10(14)11(3,4)17(5,15)16/h8-9,12H,6-7H2,1-5H3. The zero-order valence-electron chi connectivity index (χ0n) is 11.1. The van der Waals surface area contributed by atoms with Crippen LogP contribution in [0, 0.1) is 0 Å². The van der Waals surface area contributed by atoms with Crippen molar-refractivity contribution in [2.75, 3.05) is 19.3 Å². The molecule has 0 aliphatic carbocycles. The van der Waals surface area contributed by atoms with Gasteiger partial charge in [0.15, 0.2) is 9.84 Å². The highest BCUT2D eigenvalue weighted by atomic mass is 32.2. The molecule has 0 aromatic carbocycles. The molecule has 0 aromatic rings. The van der Waals surface area contributed by atoms with Crippen molar-refractivity contribution in [1.29, 1.82) is 0 Å². The Labute approximate surface area is 103 Å². The summed E-state index contributed by atoms with van der Waals surface area (Å²) < 4.78 is 22.0. The molecule has 0 bridgehead atoms. The van der Waals surface area contributed by atoms with Crippen LogP contribution in [0.25, 0.3) is 0 Å². The SMILES string of the molecule is CC1CNCC(C)N1C(=O)C(C)(C)S(C)(=O)=O. The van der Waals surface area contributed by atoms with Crippen LogP contribution in [0.15, 0.2) is 0 Å². The number of nitrogens with one attached hydrogen (secondary N) is 1. The molecule has 1 aliphatic heterocycles. The number of hydrogen-bond acceptors (Lipinski definition) is 4. The molecule has 0 aromatic heterocycles. The van der Waals surface area contributed by atoms with Crippen molar-refractivity contribution in [1.82, 2.24) is 10.2 Å². The van der Waals surface area contributed by atoms with E-state index >= 15 is 0 Å². The molecule has 0 saturated carbocycles. The van der Waals surface area contributed by atoms with Gasteiger partial charge in [-0.25, -0.2) is 8.42 Å². The van der Waals surface area contributed by atoms with Crippen LogP contribution in [0.1, 0.15) is 27.7 Å². The van der Waals surface area contributed by atoms with Crippen molar-refractivity contribution in [3.63, 3.8) is 0 Å². The first kappa shape index (κ1) is 14.4. The Bertz CT molecular complexity index is 393. The van der Waals surface area contributed by atoms with E-state index in [9.17, 15) is 13.2 Å². The minimum atomic E-state index is -3.41. The second kappa shape index (κ2) is 4.57. The maximum absolute atomic E-state index is 12.4. The highest BCUT2D eigenvalue weighted by molar-refractivity contribution is 7.92. The molecule has 6 heteroatoms. The van der Waals surface area contributed by atoms with Gasteiger partial charge in [0, 0.05) is 31.4 Å². The number of sulfone groups is 1. The highest BCUT2D eigenvalue weighted by Gasteiger charge is 2.44. The zero-order chi connectivity index (χ0) is 13.4. The van der Waals surface area contributed by atoms with Gasteiger partial charge in [0.1, 0.15) is 4.75 Å². The van der Waals surface area contributed by atoms with Crippen molar-refractivity contribution >= 4 is 15.7 Å². The molecule has 2 atom stereocenters. The molecule has 100 valence electrons. The molecule has 2 unspecified atom stereocenters. The lowest BCUT2D eigenvalue weighted by molar-refractivity contribution is -0.138. The second-order valence-corrected chi connectivity index (χ2v) is 7.92. The van der Waals surface area contributed by atoms with Crippen LogP contribution in [0.4, 0.5) is 0 Å². The molecule has 5 nitrogen and oxygen atoms in total. The van der Waals surface area contributed by atoms with Crippen molar-refractivity contribution in [2.45, 2.75) is 44.5 Å². The summed E-state index contributed by atoms with van der Waals surface area (Å²) in [5, 5.41) is 3.22. The monoisotopic (exact) mass is 262 g/mol. The Balaban J connectivity index is 3.03. The second-order valence-electron chi connectivity index (χ2n) is 5.35. The summed E-state index contributed by atoms with van der Waals surface area (Å²) in [5.74, 6) is -0.304. The van der Waals surface area contributed by atoms with E-state index in [0.717, 1.165) is 6.26 Å². The highest BCUT2D eigenvalue weighted by Crippen LogP contribution is 2.22. The lowest BCUT2D eigenvalue weighted by Gasteiger charge is -2.42. The van der Waals surface area contributed by atoms with Crippen LogP contribution in [0.3, 0.4) is 0 Å². The van der Waals surface area contributed by atoms with Gasteiger partial charge >= 0.3 is 0 Å². The molecule has 1 N–H and O–H groups in total. The van der Waals surface area contributed by atoms with Crippen LogP contribution in [-0.2, 0) is 14.6 Å². The van der Waals surface area contributed by atoms with Gasteiger partial charge in [0.2, 0.25) is 5.91 Å². The van der Waals surface area contributed by atoms with E-state index in [-0.39, 0.29) is 18.0 Å². The summed E-state index contributed by atoms with van der Waals surface area (Å²) in [7, 11) is -3.41. The molecule has 1 aliphatic rings. The summed E-state index contributed by atoms with van der Waals surface area (Å²) >= 11 is 0. The van der Waals surface area contributed by atoms with E-state index in [1.165, 1.54) is 13.8 Å². The third kappa shape index (κ3) is 2.63. The van der Waals surface area contributed by atoms with Gasteiger partial charge < -0.3 is 10.2 Å². The first-order valence-electron chi connectivity index (χ1n) is 5.82. The predicted molar refractivity (Wildman–Crippen MR) is 67.6 cm³/mol. The van der Waals surface area contributed by atoms with Crippen LogP contribution < -0.4 is 5.32 Å². The first-order valence-corrected chi connectivity index (χ1v) is 7.71. The number of rotatable bonds is 2. The van der Waals surface area contributed by atoms with Crippen LogP contribution >= 0.6 is 0 Å². The van der Waals surface area contributed by atoms with Crippen LogP contribution in [0.2, 0.25) is 0 Å². The van der Waals surface area contributed by atoms with Crippen LogP contribution in [0.5, 0.6) is 0 Å². The Hall–Kier alpha value is -0.620. The van der Waals surface area contributed by atoms with Gasteiger partial charge in [-0.15, -0.1) is 0 Å². The molecule has 1 heterocycles. The quantitative estimate of drug-likeness (QED) is 0.762. The fourth-order valence-corrected chi connectivity index (χ4v) is 2.42. The molecule has 1 rings (SSSR count). The molecule has 0 radical (unpaired) electrons. The maximum atomic E-state index is 12.4. The zero-order valence-corrected chi connectivity index (χ0v) is 12.0. The van der Waals surface area contributed by atoms with E-state index in [1.807, 2.05) is 13.8 Å². The Morgan fingerprint density at radius 2 is 1.65 bits per heavy atom. The van der Waals surface area contributed by atoms with Gasteiger partial charge in [0.05, 0.1) is 0 Å². The van der Waals surface area contributed by atoms with E-state index in [1.54, 1.807) is 4.90 Å². The Morgan fingerprint density at radius 1 is 1.24 bits per heavy atom. The van der Waals surface area contributed by atoms with E-state index in [2.05, 4.69) is 5.32 Å². The van der Waals surface area contributed by atoms with Crippen molar-refractivity contribution in [3.05, 3.63) is 0 Å². The number of piperazine rings is 1. The van der Waals surface area contributed by atoms with Gasteiger partial charge in [-0.05, 0) is 27.7 Å².